The second kappa shape index (κ2) is 7.47. The van der Waals surface area contributed by atoms with E-state index in [-0.39, 0.29) is 22.4 Å². The van der Waals surface area contributed by atoms with Crippen molar-refractivity contribution in [3.63, 3.8) is 0 Å². The van der Waals surface area contributed by atoms with Crippen LogP contribution in [0.25, 0.3) is 0 Å². The van der Waals surface area contributed by atoms with Crippen LogP contribution >= 0.6 is 11.8 Å². The number of rotatable bonds is 5. The minimum absolute atomic E-state index is 0.0985. The van der Waals surface area contributed by atoms with Crippen LogP contribution in [0.1, 0.15) is 18.9 Å². The Morgan fingerprint density at radius 2 is 2.26 bits per heavy atom. The number of nitrogen functional groups attached to an aromatic ring is 1. The first kappa shape index (κ1) is 16.6. The minimum atomic E-state index is -0.480. The molecule has 0 saturated carbocycles. The molecule has 1 atom stereocenters. The van der Waals surface area contributed by atoms with Gasteiger partial charge >= 0.3 is 0 Å². The Morgan fingerprint density at radius 1 is 1.52 bits per heavy atom. The molecule has 1 heterocycles. The largest absolute Gasteiger partial charge is 0.383 e. The van der Waals surface area contributed by atoms with E-state index in [9.17, 15) is 9.59 Å². The average Bonchev–Trinajstić information content (AvgIpc) is 2.52. The van der Waals surface area contributed by atoms with Crippen molar-refractivity contribution in [2.75, 3.05) is 11.1 Å². The molecule has 0 fully saturated rings. The molecule has 23 heavy (non-hydrogen) atoms. The number of nitrogens with zero attached hydrogens (tertiary/aromatic N) is 2. The average molecular weight is 329 g/mol. The number of nitriles is 1. The molecule has 1 unspecified atom stereocenters. The smallest absolute Gasteiger partial charge is 0.253 e. The lowest BCUT2D eigenvalue weighted by Gasteiger charge is -2.14. The van der Waals surface area contributed by atoms with Gasteiger partial charge in [-0.1, -0.05) is 30.8 Å². The summed E-state index contributed by atoms with van der Waals surface area (Å²) >= 11 is 1.12. The van der Waals surface area contributed by atoms with Gasteiger partial charge in [0.2, 0.25) is 5.91 Å². The van der Waals surface area contributed by atoms with Crippen LogP contribution in [0.2, 0.25) is 0 Å². The summed E-state index contributed by atoms with van der Waals surface area (Å²) in [5.41, 5.74) is 6.00. The molecule has 0 saturated heterocycles. The van der Waals surface area contributed by atoms with E-state index in [4.69, 9.17) is 11.0 Å². The van der Waals surface area contributed by atoms with Crippen LogP contribution in [0.4, 0.5) is 11.5 Å². The maximum atomic E-state index is 12.4. The van der Waals surface area contributed by atoms with Gasteiger partial charge in [0.1, 0.15) is 11.9 Å². The molecule has 0 spiro atoms. The number of para-hydroxylation sites is 1. The van der Waals surface area contributed by atoms with E-state index >= 15 is 0 Å². The Bertz CT molecular complexity index is 812. The Labute approximate surface area is 136 Å². The summed E-state index contributed by atoms with van der Waals surface area (Å²) in [5.74, 6) is -0.174. The number of amides is 1. The van der Waals surface area contributed by atoms with Gasteiger partial charge < -0.3 is 16.0 Å². The van der Waals surface area contributed by atoms with Crippen molar-refractivity contribution >= 4 is 29.2 Å². The molecule has 0 aliphatic heterocycles. The zero-order valence-corrected chi connectivity index (χ0v) is 13.2. The van der Waals surface area contributed by atoms with Crippen LogP contribution in [-0.2, 0) is 4.79 Å². The molecule has 0 aliphatic rings. The number of nitrogens with two attached hydrogens (primary N) is 1. The molecule has 8 heteroatoms. The van der Waals surface area contributed by atoms with E-state index in [1.54, 1.807) is 24.3 Å². The molecule has 118 valence electrons. The van der Waals surface area contributed by atoms with Crippen molar-refractivity contribution in [1.29, 1.82) is 5.26 Å². The summed E-state index contributed by atoms with van der Waals surface area (Å²) in [7, 11) is 0. The standard InChI is InChI=1S/C15H15N5O2S/c1-2-11(23-15-19-12(17)7-13(21)20-15)14(22)18-10-6-4-3-5-9(10)8-16/h3-7,11H,2H2,1H3,(H,18,22)(H3,17,19,20,21). The molecule has 0 aliphatic carbocycles. The number of aromatic amines is 1. The second-order valence-corrected chi connectivity index (χ2v) is 5.83. The fourth-order valence-electron chi connectivity index (χ4n) is 1.87. The van der Waals surface area contributed by atoms with E-state index in [2.05, 4.69) is 15.3 Å². The summed E-state index contributed by atoms with van der Waals surface area (Å²) in [5, 5.41) is 11.6. The van der Waals surface area contributed by atoms with Crippen molar-refractivity contribution in [2.24, 2.45) is 0 Å². The van der Waals surface area contributed by atoms with Gasteiger partial charge in [0.05, 0.1) is 16.5 Å². The van der Waals surface area contributed by atoms with E-state index in [0.717, 1.165) is 11.8 Å². The number of nitrogens with one attached hydrogen (secondary N) is 2. The maximum absolute atomic E-state index is 12.4. The molecule has 0 radical (unpaired) electrons. The molecule has 1 aromatic carbocycles. The van der Waals surface area contributed by atoms with Crippen molar-refractivity contribution in [3.8, 4) is 6.07 Å². The lowest BCUT2D eigenvalue weighted by Crippen LogP contribution is -2.25. The van der Waals surface area contributed by atoms with Crippen LogP contribution in [0.5, 0.6) is 0 Å². The SMILES string of the molecule is CCC(Sc1nc(N)cc(=O)[nH]1)C(=O)Nc1ccccc1C#N. The number of carbonyl (C=O) groups is 1. The number of thioether (sulfide) groups is 1. The van der Waals surface area contributed by atoms with Crippen LogP contribution in [-0.4, -0.2) is 21.1 Å². The van der Waals surface area contributed by atoms with E-state index < -0.39 is 5.25 Å². The summed E-state index contributed by atoms with van der Waals surface area (Å²) < 4.78 is 0. The highest BCUT2D eigenvalue weighted by molar-refractivity contribution is 8.00. The molecule has 7 nitrogen and oxygen atoms in total. The number of anilines is 2. The lowest BCUT2D eigenvalue weighted by molar-refractivity contribution is -0.115. The highest BCUT2D eigenvalue weighted by atomic mass is 32.2. The first-order valence-corrected chi connectivity index (χ1v) is 7.75. The Morgan fingerprint density at radius 3 is 2.91 bits per heavy atom. The molecule has 1 amide bonds. The predicted octanol–water partition coefficient (Wildman–Crippen LogP) is 1.73. The molecule has 2 rings (SSSR count). The number of hydrogen-bond donors (Lipinski definition) is 3. The first-order chi connectivity index (χ1) is 11.0. The predicted molar refractivity (Wildman–Crippen MR) is 89.0 cm³/mol. The zero-order chi connectivity index (χ0) is 16.8. The second-order valence-electron chi connectivity index (χ2n) is 4.64. The van der Waals surface area contributed by atoms with Gasteiger partial charge in [0.15, 0.2) is 5.16 Å². The minimum Gasteiger partial charge on any atom is -0.383 e. The van der Waals surface area contributed by atoms with Crippen LogP contribution in [0.3, 0.4) is 0 Å². The van der Waals surface area contributed by atoms with Gasteiger partial charge in [0, 0.05) is 6.07 Å². The third kappa shape index (κ3) is 4.34. The van der Waals surface area contributed by atoms with Gasteiger partial charge in [0.25, 0.3) is 5.56 Å². The number of carbonyl (C=O) groups excluding carboxylic acids is 1. The Balaban J connectivity index is 2.15. The first-order valence-electron chi connectivity index (χ1n) is 6.87. The molecule has 1 aromatic heterocycles. The summed E-state index contributed by atoms with van der Waals surface area (Å²) in [4.78, 5) is 30.3. The third-order valence-electron chi connectivity index (χ3n) is 2.96. The Hall–Kier alpha value is -2.79. The van der Waals surface area contributed by atoms with Crippen molar-refractivity contribution in [2.45, 2.75) is 23.8 Å². The van der Waals surface area contributed by atoms with E-state index in [1.165, 1.54) is 6.07 Å². The summed E-state index contributed by atoms with van der Waals surface area (Å²) in [6.45, 7) is 1.85. The van der Waals surface area contributed by atoms with Gasteiger partial charge in [-0.05, 0) is 18.6 Å². The van der Waals surface area contributed by atoms with Crippen molar-refractivity contribution in [3.05, 3.63) is 46.2 Å². The zero-order valence-electron chi connectivity index (χ0n) is 12.4. The van der Waals surface area contributed by atoms with Crippen LogP contribution in [0, 0.1) is 11.3 Å². The fraction of sp³-hybridized carbons (Fsp3) is 0.200. The van der Waals surface area contributed by atoms with Gasteiger partial charge in [-0.15, -0.1) is 0 Å². The molecular formula is C15H15N5O2S. The van der Waals surface area contributed by atoms with E-state index in [0.29, 0.717) is 17.7 Å². The van der Waals surface area contributed by atoms with Crippen molar-refractivity contribution in [1.82, 2.24) is 9.97 Å². The number of aromatic nitrogens is 2. The molecule has 2 aromatic rings. The van der Waals surface area contributed by atoms with Crippen LogP contribution < -0.4 is 16.6 Å². The maximum Gasteiger partial charge on any atom is 0.253 e. The van der Waals surface area contributed by atoms with Crippen LogP contribution in [0.15, 0.2) is 40.3 Å². The topological polar surface area (TPSA) is 125 Å². The lowest BCUT2D eigenvalue weighted by atomic mass is 10.2. The van der Waals surface area contributed by atoms with Gasteiger partial charge in [-0.25, -0.2) is 4.98 Å². The monoisotopic (exact) mass is 329 g/mol. The number of hydrogen-bond acceptors (Lipinski definition) is 6. The highest BCUT2D eigenvalue weighted by Crippen LogP contribution is 2.24. The van der Waals surface area contributed by atoms with Gasteiger partial charge in [-0.2, -0.15) is 5.26 Å². The normalized spacial score (nSPS) is 11.5. The third-order valence-corrected chi connectivity index (χ3v) is 4.21. The van der Waals surface area contributed by atoms with Gasteiger partial charge in [-0.3, -0.25) is 9.59 Å². The molecule has 0 bridgehead atoms. The summed E-state index contributed by atoms with van der Waals surface area (Å²) in [6, 6.07) is 9.95. The molecule has 4 N–H and O–H groups in total. The van der Waals surface area contributed by atoms with E-state index in [1.807, 2.05) is 13.0 Å². The summed E-state index contributed by atoms with van der Waals surface area (Å²) in [6.07, 6.45) is 0.518. The highest BCUT2D eigenvalue weighted by Gasteiger charge is 2.20. The quantitative estimate of drug-likeness (QED) is 0.567. The van der Waals surface area contributed by atoms with Crippen molar-refractivity contribution < 1.29 is 4.79 Å². The molecular weight excluding hydrogens is 314 g/mol. The fourth-order valence-corrected chi connectivity index (χ4v) is 2.79. The number of H-pyrrole nitrogens is 1. The number of benzene rings is 1. The Kier molecular flexibility index (Phi) is 5.38.